The summed E-state index contributed by atoms with van der Waals surface area (Å²) in [5.74, 6) is 0. The first-order chi connectivity index (χ1) is 15.4. The molecule has 0 bridgehead atoms. The van der Waals surface area contributed by atoms with Gasteiger partial charge in [0.05, 0.1) is 0 Å². The molecule has 0 radical (unpaired) electrons. The minimum absolute atomic E-state index is 0. The van der Waals surface area contributed by atoms with Gasteiger partial charge in [0, 0.05) is 6.33 Å². The van der Waals surface area contributed by atoms with E-state index in [1.165, 1.54) is 38.8 Å². The Balaban J connectivity index is 0.00000180. The van der Waals surface area contributed by atoms with Crippen LogP contribution < -0.4 is 35.2 Å². The van der Waals surface area contributed by atoms with Crippen LogP contribution in [0.25, 0.3) is 16.7 Å². The number of aromatic nitrogens is 2. The molecular weight excluding hydrogens is 382 g/mol. The molecule has 144 valence electrons. The molecule has 0 aliphatic carbocycles. The summed E-state index contributed by atoms with van der Waals surface area (Å²) in [6.07, 6.45) is 6.26. The Kier molecular flexibility index (Phi) is 3.78. The summed E-state index contributed by atoms with van der Waals surface area (Å²) < 4.78 is 2.12. The Labute approximate surface area is 199 Å². The third-order valence-corrected chi connectivity index (χ3v) is 7.53. The molecule has 2 nitrogen and oxygen atoms in total. The predicted octanol–water partition coefficient (Wildman–Crippen LogP) is -0.141. The number of nitrogens with zero attached hydrogens (tertiary/aromatic N) is 2. The van der Waals surface area contributed by atoms with Crippen LogP contribution in [0.5, 0.6) is 0 Å². The summed E-state index contributed by atoms with van der Waals surface area (Å²) in [4.78, 5) is 4.54. The number of benzene rings is 4. The molecule has 32 heavy (non-hydrogen) atoms. The number of rotatable bonds is 1. The smallest absolute Gasteiger partial charge is 0.448 e. The van der Waals surface area contributed by atoms with Gasteiger partial charge in [-0.25, -0.2) is 6.07 Å². The molecule has 0 unspecified atom stereocenters. The van der Waals surface area contributed by atoms with Gasteiger partial charge in [-0.05, 0) is 29.5 Å². The van der Waals surface area contributed by atoms with Crippen LogP contribution in [0.3, 0.4) is 0 Å². The fourth-order valence-corrected chi connectivity index (χ4v) is 6.33. The maximum atomic E-state index is 4.54. The zero-order chi connectivity index (χ0) is 20.1. The number of imidazole rings is 1. The molecule has 4 heterocycles. The minimum Gasteiger partial charge on any atom is -0.448 e. The third kappa shape index (κ3) is 2.26. The Hall–Kier alpha value is -2.99. The van der Waals surface area contributed by atoms with Crippen molar-refractivity contribution in [3.8, 4) is 5.69 Å². The van der Waals surface area contributed by atoms with Gasteiger partial charge in [0.2, 0.25) is 6.71 Å². The molecule has 0 N–H and O–H groups in total. The van der Waals surface area contributed by atoms with Gasteiger partial charge in [-0.1, -0.05) is 94.7 Å². The zero-order valence-corrected chi connectivity index (χ0v) is 17.9. The van der Waals surface area contributed by atoms with Crippen molar-refractivity contribution in [2.24, 2.45) is 0 Å². The average Bonchev–Trinajstić information content (AvgIpc) is 3.23. The van der Waals surface area contributed by atoms with Crippen molar-refractivity contribution >= 4 is 34.1 Å². The van der Waals surface area contributed by atoms with E-state index in [1.807, 2.05) is 6.07 Å². The number of hydrogen-bond donors (Lipinski definition) is 0. The summed E-state index contributed by atoms with van der Waals surface area (Å²) in [5.41, 5.74) is 16.6. The van der Waals surface area contributed by atoms with Crippen molar-refractivity contribution in [1.29, 1.82) is 0 Å². The average molecular weight is 399 g/mol. The molecule has 4 heteroatoms. The fraction of sp³-hybridized carbons (Fsp3) is 0.107. The van der Waals surface area contributed by atoms with Gasteiger partial charge >= 0.3 is 18.9 Å². The normalized spacial score (nSPS) is 14.2. The SMILES string of the molecule is [Li+].[c-]1cc2c3c(c1-n1[c-]nc4ccccc41)Cc1cccc4c1B3c1c(cccc1C2)C4. The van der Waals surface area contributed by atoms with E-state index in [0.717, 1.165) is 36.0 Å². The molecule has 4 aromatic carbocycles. The maximum Gasteiger partial charge on any atom is 1.00 e. The molecular formula is C28H17BLiN2-. The van der Waals surface area contributed by atoms with E-state index in [0.29, 0.717) is 6.71 Å². The van der Waals surface area contributed by atoms with Gasteiger partial charge in [0.15, 0.2) is 0 Å². The van der Waals surface area contributed by atoms with Gasteiger partial charge in [-0.2, -0.15) is 22.7 Å². The Morgan fingerprint density at radius 1 is 0.719 bits per heavy atom. The summed E-state index contributed by atoms with van der Waals surface area (Å²) in [5, 5.41) is 0. The molecule has 3 aliphatic rings. The molecule has 0 atom stereocenters. The van der Waals surface area contributed by atoms with Crippen molar-refractivity contribution in [3.63, 3.8) is 0 Å². The van der Waals surface area contributed by atoms with Crippen molar-refractivity contribution in [2.45, 2.75) is 19.3 Å². The monoisotopic (exact) mass is 399 g/mol. The van der Waals surface area contributed by atoms with E-state index in [4.69, 9.17) is 0 Å². The second-order valence-corrected chi connectivity index (χ2v) is 9.03. The molecule has 1 aromatic heterocycles. The first kappa shape index (κ1) is 18.6. The van der Waals surface area contributed by atoms with E-state index in [-0.39, 0.29) is 18.9 Å². The van der Waals surface area contributed by atoms with Crippen LogP contribution >= 0.6 is 0 Å². The number of fused-ring (bicyclic) bond motifs is 1. The van der Waals surface area contributed by atoms with E-state index in [9.17, 15) is 0 Å². The third-order valence-electron chi connectivity index (χ3n) is 7.53. The summed E-state index contributed by atoms with van der Waals surface area (Å²) in [6.45, 7) is 0.349. The van der Waals surface area contributed by atoms with Gasteiger partial charge < -0.3 is 9.55 Å². The summed E-state index contributed by atoms with van der Waals surface area (Å²) in [7, 11) is 0. The predicted molar refractivity (Wildman–Crippen MR) is 125 cm³/mol. The second kappa shape index (κ2) is 6.51. The van der Waals surface area contributed by atoms with Gasteiger partial charge in [-0.15, -0.1) is 5.69 Å². The largest absolute Gasteiger partial charge is 1.00 e. The topological polar surface area (TPSA) is 17.8 Å². The standard InChI is InChI=1S/C28H17BN2.Li/c1-2-10-25-23(9-1)30-16-31(25)24-12-11-21-14-19-6-3-5-17-13-18-7-4-8-20-15-22(24)28(21)29(26(17)19)27(18)20;/h1-11H,13-15H2;/q-2;+1. The number of hydrogen-bond acceptors (Lipinski definition) is 1. The first-order valence-electron chi connectivity index (χ1n) is 11.0. The van der Waals surface area contributed by atoms with Gasteiger partial charge in [0.1, 0.15) is 0 Å². The maximum absolute atomic E-state index is 4.54. The molecule has 0 saturated heterocycles. The van der Waals surface area contributed by atoms with E-state index in [1.54, 1.807) is 10.9 Å². The molecule has 5 aromatic rings. The fourth-order valence-electron chi connectivity index (χ4n) is 6.33. The second-order valence-electron chi connectivity index (χ2n) is 9.03. The Morgan fingerprint density at radius 3 is 2.12 bits per heavy atom. The molecule has 0 amide bonds. The van der Waals surface area contributed by atoms with Crippen LogP contribution in [-0.4, -0.2) is 16.3 Å². The molecule has 8 rings (SSSR count). The van der Waals surface area contributed by atoms with Crippen molar-refractivity contribution in [3.05, 3.63) is 113 Å². The van der Waals surface area contributed by atoms with Crippen LogP contribution in [0, 0.1) is 12.4 Å². The molecule has 3 aliphatic heterocycles. The number of para-hydroxylation sites is 2. The molecule has 0 spiro atoms. The van der Waals surface area contributed by atoms with Crippen molar-refractivity contribution in [2.75, 3.05) is 0 Å². The quantitative estimate of drug-likeness (QED) is 0.278. The molecule has 0 saturated carbocycles. The van der Waals surface area contributed by atoms with Crippen LogP contribution in [0.1, 0.15) is 33.4 Å². The summed E-state index contributed by atoms with van der Waals surface area (Å²) in [6, 6.07) is 28.0. The van der Waals surface area contributed by atoms with E-state index in [2.05, 4.69) is 82.6 Å². The zero-order valence-electron chi connectivity index (χ0n) is 17.9. The van der Waals surface area contributed by atoms with Crippen LogP contribution in [0.4, 0.5) is 0 Å². The Morgan fingerprint density at radius 2 is 1.38 bits per heavy atom. The molecule has 0 fully saturated rings. The minimum atomic E-state index is 0. The van der Waals surface area contributed by atoms with E-state index < -0.39 is 0 Å². The van der Waals surface area contributed by atoms with Crippen LogP contribution in [0.2, 0.25) is 0 Å². The van der Waals surface area contributed by atoms with Gasteiger partial charge in [0.25, 0.3) is 0 Å². The Bertz CT molecular complexity index is 1550. The van der Waals surface area contributed by atoms with Crippen molar-refractivity contribution < 1.29 is 18.9 Å². The van der Waals surface area contributed by atoms with Crippen LogP contribution in [0.15, 0.2) is 66.7 Å². The van der Waals surface area contributed by atoms with Crippen molar-refractivity contribution in [1.82, 2.24) is 9.55 Å². The first-order valence-corrected chi connectivity index (χ1v) is 11.0. The van der Waals surface area contributed by atoms with E-state index >= 15 is 0 Å². The summed E-state index contributed by atoms with van der Waals surface area (Å²) >= 11 is 0. The van der Waals surface area contributed by atoms with Gasteiger partial charge in [-0.3, -0.25) is 0 Å². The van der Waals surface area contributed by atoms with Crippen LogP contribution in [-0.2, 0) is 19.3 Å².